The van der Waals surface area contributed by atoms with Crippen LogP contribution in [-0.4, -0.2) is 5.16 Å². The molecule has 0 unspecified atom stereocenters. The zero-order chi connectivity index (χ0) is 15.9. The normalized spacial score (nSPS) is 10.3. The maximum atomic E-state index is 14.1. The molecule has 0 saturated carbocycles. The molecule has 1 nitrogen and oxygen atoms in total. The Morgan fingerprint density at radius 1 is 1.05 bits per heavy atom. The zero-order valence-electron chi connectivity index (χ0n) is 12.4. The molecule has 0 aliphatic rings. The minimum atomic E-state index is -0.650. The minimum absolute atomic E-state index is 0.0385. The number of hydrogen-bond donors (Lipinski definition) is 0. The maximum absolute atomic E-state index is 14.1. The van der Waals surface area contributed by atoms with Gasteiger partial charge in [-0.15, -0.1) is 0 Å². The van der Waals surface area contributed by atoms with Crippen LogP contribution in [0.3, 0.4) is 0 Å². The molecule has 2 aromatic carbocycles. The Bertz CT molecular complexity index is 666. The van der Waals surface area contributed by atoms with E-state index < -0.39 is 11.6 Å². The number of unbranched alkanes of at least 4 members (excludes halogenated alkanes) is 2. The molecular formula is C18H17F2NS. The average Bonchev–Trinajstić information content (AvgIpc) is 2.49. The van der Waals surface area contributed by atoms with E-state index in [1.807, 2.05) is 12.1 Å². The first-order chi connectivity index (χ1) is 10.7. The number of thiocarbonyl (C=S) groups is 1. The van der Waals surface area contributed by atoms with E-state index in [9.17, 15) is 8.78 Å². The van der Waals surface area contributed by atoms with E-state index in [4.69, 9.17) is 0 Å². The van der Waals surface area contributed by atoms with Crippen LogP contribution >= 0.6 is 12.2 Å². The second-order valence-corrected chi connectivity index (χ2v) is 5.32. The van der Waals surface area contributed by atoms with Crippen LogP contribution in [0.15, 0.2) is 41.4 Å². The first kappa shape index (κ1) is 16.5. The van der Waals surface area contributed by atoms with Crippen LogP contribution in [0.2, 0.25) is 0 Å². The highest BCUT2D eigenvalue weighted by Crippen LogP contribution is 2.30. The zero-order valence-corrected chi connectivity index (χ0v) is 13.2. The van der Waals surface area contributed by atoms with Gasteiger partial charge in [0.05, 0.1) is 16.4 Å². The standard InChI is InChI=1S/C18H17F2NS/c1-2-3-4-5-13-6-8-14(9-7-13)18-16(19)10-15(21-12-22)11-17(18)20/h6-11H,2-5H2,1H3. The third kappa shape index (κ3) is 4.06. The van der Waals surface area contributed by atoms with Crippen molar-refractivity contribution in [3.63, 3.8) is 0 Å². The molecule has 0 spiro atoms. The lowest BCUT2D eigenvalue weighted by atomic mass is 10.00. The lowest BCUT2D eigenvalue weighted by Crippen LogP contribution is -1.91. The summed E-state index contributed by atoms with van der Waals surface area (Å²) in [6, 6.07) is 9.68. The summed E-state index contributed by atoms with van der Waals surface area (Å²) < 4.78 is 28.2. The monoisotopic (exact) mass is 317 g/mol. The van der Waals surface area contributed by atoms with Crippen LogP contribution in [0.1, 0.15) is 31.7 Å². The van der Waals surface area contributed by atoms with Crippen LogP contribution in [0.25, 0.3) is 11.1 Å². The molecule has 2 aromatic rings. The van der Waals surface area contributed by atoms with Gasteiger partial charge < -0.3 is 0 Å². The van der Waals surface area contributed by atoms with Crippen molar-refractivity contribution < 1.29 is 8.78 Å². The van der Waals surface area contributed by atoms with Crippen molar-refractivity contribution in [3.05, 3.63) is 53.6 Å². The molecule has 0 fully saturated rings. The molecule has 0 aliphatic carbocycles. The van der Waals surface area contributed by atoms with Gasteiger partial charge in [-0.1, -0.05) is 44.0 Å². The van der Waals surface area contributed by atoms with Gasteiger partial charge in [-0.3, -0.25) is 0 Å². The number of isothiocyanates is 1. The number of aliphatic imine (C=N–C) groups is 1. The van der Waals surface area contributed by atoms with Crippen LogP contribution in [-0.2, 0) is 6.42 Å². The largest absolute Gasteiger partial charge is 0.206 e. The Morgan fingerprint density at radius 2 is 1.68 bits per heavy atom. The van der Waals surface area contributed by atoms with Gasteiger partial charge in [-0.05, 0) is 36.2 Å². The molecule has 4 heteroatoms. The van der Waals surface area contributed by atoms with Crippen molar-refractivity contribution >= 4 is 23.1 Å². The molecular weight excluding hydrogens is 300 g/mol. The number of halogens is 2. The van der Waals surface area contributed by atoms with E-state index in [-0.39, 0.29) is 11.3 Å². The summed E-state index contributed by atoms with van der Waals surface area (Å²) in [6.45, 7) is 2.16. The Morgan fingerprint density at radius 3 is 2.23 bits per heavy atom. The first-order valence-corrected chi connectivity index (χ1v) is 7.72. The van der Waals surface area contributed by atoms with Crippen molar-refractivity contribution in [1.82, 2.24) is 0 Å². The predicted octanol–water partition coefficient (Wildman–Crippen LogP) is 6.10. The van der Waals surface area contributed by atoms with Crippen LogP contribution in [0, 0.1) is 11.6 Å². The highest BCUT2D eigenvalue weighted by atomic mass is 32.1. The second-order valence-electron chi connectivity index (χ2n) is 5.14. The van der Waals surface area contributed by atoms with Gasteiger partial charge in [-0.25, -0.2) is 8.78 Å². The third-order valence-electron chi connectivity index (χ3n) is 3.51. The van der Waals surface area contributed by atoms with E-state index in [1.165, 1.54) is 18.4 Å². The molecule has 0 aromatic heterocycles. The smallest absolute Gasteiger partial charge is 0.136 e. The Labute approximate surface area is 134 Å². The fraction of sp³-hybridized carbons (Fsp3) is 0.278. The highest BCUT2D eigenvalue weighted by molar-refractivity contribution is 7.78. The molecule has 0 heterocycles. The summed E-state index contributed by atoms with van der Waals surface area (Å²) in [6.07, 6.45) is 4.47. The Balaban J connectivity index is 2.26. The van der Waals surface area contributed by atoms with Crippen LogP contribution in [0.5, 0.6) is 0 Å². The second kappa shape index (κ2) is 7.92. The number of rotatable bonds is 6. The van der Waals surface area contributed by atoms with Crippen molar-refractivity contribution in [2.75, 3.05) is 0 Å². The molecule has 0 saturated heterocycles. The molecule has 0 radical (unpaired) electrons. The van der Waals surface area contributed by atoms with Gasteiger partial charge in [0.1, 0.15) is 11.6 Å². The SMILES string of the molecule is CCCCCc1ccc(-c2c(F)cc(N=C=S)cc2F)cc1. The van der Waals surface area contributed by atoms with E-state index in [1.54, 1.807) is 12.1 Å². The van der Waals surface area contributed by atoms with Gasteiger partial charge >= 0.3 is 0 Å². The van der Waals surface area contributed by atoms with Crippen molar-refractivity contribution in [3.8, 4) is 11.1 Å². The summed E-state index contributed by atoms with van der Waals surface area (Å²) in [4.78, 5) is 3.60. The van der Waals surface area contributed by atoms with Gasteiger partial charge in [0.25, 0.3) is 0 Å². The quantitative estimate of drug-likeness (QED) is 0.356. The number of nitrogens with zero attached hydrogens (tertiary/aromatic N) is 1. The summed E-state index contributed by atoms with van der Waals surface area (Å²) in [5, 5.41) is 2.10. The summed E-state index contributed by atoms with van der Waals surface area (Å²) >= 11 is 4.44. The molecule has 0 N–H and O–H groups in total. The van der Waals surface area contributed by atoms with E-state index >= 15 is 0 Å². The van der Waals surface area contributed by atoms with E-state index in [0.29, 0.717) is 5.56 Å². The van der Waals surface area contributed by atoms with E-state index in [2.05, 4.69) is 29.3 Å². The molecule has 0 atom stereocenters. The Kier molecular flexibility index (Phi) is 5.93. The number of benzene rings is 2. The van der Waals surface area contributed by atoms with Crippen molar-refractivity contribution in [2.45, 2.75) is 32.6 Å². The summed E-state index contributed by atoms with van der Waals surface area (Å²) in [5.41, 5.74) is 1.79. The summed E-state index contributed by atoms with van der Waals surface area (Å²) in [5.74, 6) is -1.30. The van der Waals surface area contributed by atoms with Crippen LogP contribution < -0.4 is 0 Å². The number of aryl methyl sites for hydroxylation is 1. The topological polar surface area (TPSA) is 12.4 Å². The fourth-order valence-electron chi connectivity index (χ4n) is 2.37. The molecule has 0 aliphatic heterocycles. The van der Waals surface area contributed by atoms with Crippen LogP contribution in [0.4, 0.5) is 14.5 Å². The molecule has 22 heavy (non-hydrogen) atoms. The van der Waals surface area contributed by atoms with Gasteiger partial charge in [0, 0.05) is 12.1 Å². The number of hydrogen-bond acceptors (Lipinski definition) is 2. The fourth-order valence-corrected chi connectivity index (χ4v) is 2.48. The lowest BCUT2D eigenvalue weighted by molar-refractivity contribution is 0.590. The predicted molar refractivity (Wildman–Crippen MR) is 89.7 cm³/mol. The first-order valence-electron chi connectivity index (χ1n) is 7.32. The molecule has 0 amide bonds. The summed E-state index contributed by atoms with van der Waals surface area (Å²) in [7, 11) is 0. The minimum Gasteiger partial charge on any atom is -0.206 e. The van der Waals surface area contributed by atoms with Gasteiger partial charge in [0.15, 0.2) is 0 Å². The average molecular weight is 317 g/mol. The van der Waals surface area contributed by atoms with Crippen molar-refractivity contribution in [1.29, 1.82) is 0 Å². The molecule has 114 valence electrons. The van der Waals surface area contributed by atoms with Crippen molar-refractivity contribution in [2.24, 2.45) is 4.99 Å². The van der Waals surface area contributed by atoms with Gasteiger partial charge in [0.2, 0.25) is 0 Å². The van der Waals surface area contributed by atoms with Gasteiger partial charge in [-0.2, -0.15) is 4.99 Å². The molecule has 2 rings (SSSR count). The van der Waals surface area contributed by atoms with E-state index in [0.717, 1.165) is 25.0 Å². The lowest BCUT2D eigenvalue weighted by Gasteiger charge is -2.08. The highest BCUT2D eigenvalue weighted by Gasteiger charge is 2.13. The third-order valence-corrected chi connectivity index (χ3v) is 3.60. The maximum Gasteiger partial charge on any atom is 0.136 e. The Hall–Kier alpha value is -1.90. The molecule has 0 bridgehead atoms.